The molecule has 4 amide bonds. The highest BCUT2D eigenvalue weighted by Gasteiger charge is 2.59. The number of urea groups is 1. The molecule has 6 rings (SSSR count). The van der Waals surface area contributed by atoms with Crippen molar-refractivity contribution in [3.63, 3.8) is 0 Å². The number of aryl methyl sites for hydroxylation is 2. The van der Waals surface area contributed by atoms with E-state index in [4.69, 9.17) is 0 Å². The Morgan fingerprint density at radius 1 is 0.972 bits per heavy atom. The topological polar surface area (TPSA) is 85.5 Å². The number of carbonyl (C=O) groups excluding carboxylic acids is 3. The van der Waals surface area contributed by atoms with Gasteiger partial charge in [-0.1, -0.05) is 36.4 Å². The van der Waals surface area contributed by atoms with E-state index in [0.717, 1.165) is 38.2 Å². The Labute approximate surface area is 208 Å². The average molecular weight is 479 g/mol. The van der Waals surface area contributed by atoms with Crippen LogP contribution in [0.15, 0.2) is 66.7 Å². The van der Waals surface area contributed by atoms with Gasteiger partial charge in [0, 0.05) is 23.1 Å². The van der Waals surface area contributed by atoms with Gasteiger partial charge in [0.1, 0.15) is 0 Å². The summed E-state index contributed by atoms with van der Waals surface area (Å²) in [7, 11) is 0. The van der Waals surface area contributed by atoms with Gasteiger partial charge in [-0.2, -0.15) is 0 Å². The van der Waals surface area contributed by atoms with E-state index in [-0.39, 0.29) is 23.1 Å². The summed E-state index contributed by atoms with van der Waals surface area (Å²) in [4.78, 5) is 47.2. The standard InChI is InChI=1S/C29H26N4O3/c1-17-12-13-19(16-18(17)2)30-26(34)22-9-5-7-11-24(22)33-27(35)29(3)25-21(14-15-32(29)28(33)36)20-8-4-6-10-23(20)31-25/h4-13,16,31H,14-15H2,1-3H3,(H,30,34). The number of nitrogens with zero attached hydrogens (tertiary/aromatic N) is 2. The number of benzene rings is 3. The second-order valence-electron chi connectivity index (χ2n) is 9.69. The van der Waals surface area contributed by atoms with Crippen LogP contribution < -0.4 is 10.2 Å². The van der Waals surface area contributed by atoms with Crippen LogP contribution >= 0.6 is 0 Å². The van der Waals surface area contributed by atoms with Crippen molar-refractivity contribution in [1.82, 2.24) is 9.88 Å². The lowest BCUT2D eigenvalue weighted by Crippen LogP contribution is -2.49. The fraction of sp³-hybridized carbons (Fsp3) is 0.207. The number of para-hydroxylation sites is 2. The van der Waals surface area contributed by atoms with Gasteiger partial charge in [-0.05, 0) is 74.2 Å². The van der Waals surface area contributed by atoms with Crippen molar-refractivity contribution in [3.05, 3.63) is 94.7 Å². The van der Waals surface area contributed by atoms with E-state index in [0.29, 0.717) is 18.7 Å². The molecule has 3 aromatic carbocycles. The maximum absolute atomic E-state index is 14.0. The molecule has 1 fully saturated rings. The third-order valence-electron chi connectivity index (χ3n) is 7.62. The number of H-pyrrole nitrogens is 1. The van der Waals surface area contributed by atoms with Crippen molar-refractivity contribution in [2.24, 2.45) is 0 Å². The molecule has 2 aliphatic heterocycles. The van der Waals surface area contributed by atoms with Crippen LogP contribution in [0.5, 0.6) is 0 Å². The van der Waals surface area contributed by atoms with Crippen LogP contribution in [0.4, 0.5) is 16.2 Å². The summed E-state index contributed by atoms with van der Waals surface area (Å²) >= 11 is 0. The lowest BCUT2D eigenvalue weighted by Gasteiger charge is -2.35. The number of rotatable bonds is 3. The molecule has 0 aliphatic carbocycles. The summed E-state index contributed by atoms with van der Waals surface area (Å²) in [6.45, 7) is 6.20. The van der Waals surface area contributed by atoms with Crippen LogP contribution in [-0.4, -0.2) is 34.3 Å². The molecule has 0 radical (unpaired) electrons. The van der Waals surface area contributed by atoms with E-state index >= 15 is 0 Å². The summed E-state index contributed by atoms with van der Waals surface area (Å²) in [6, 6.07) is 20.0. The minimum atomic E-state index is -1.18. The third kappa shape index (κ3) is 3.02. The molecule has 180 valence electrons. The average Bonchev–Trinajstić information content (AvgIpc) is 3.35. The number of fused-ring (bicyclic) bond motifs is 5. The highest BCUT2D eigenvalue weighted by Crippen LogP contribution is 2.45. The highest BCUT2D eigenvalue weighted by molar-refractivity contribution is 6.26. The van der Waals surface area contributed by atoms with Gasteiger partial charge < -0.3 is 15.2 Å². The van der Waals surface area contributed by atoms with Crippen LogP contribution in [0.2, 0.25) is 0 Å². The van der Waals surface area contributed by atoms with Gasteiger partial charge in [0.2, 0.25) is 0 Å². The summed E-state index contributed by atoms with van der Waals surface area (Å²) in [5, 5.41) is 3.99. The van der Waals surface area contributed by atoms with Gasteiger partial charge in [0.15, 0.2) is 5.54 Å². The Hall–Kier alpha value is -4.39. The maximum atomic E-state index is 14.0. The van der Waals surface area contributed by atoms with Gasteiger partial charge in [-0.3, -0.25) is 9.59 Å². The molecular weight excluding hydrogens is 452 g/mol. The van der Waals surface area contributed by atoms with Gasteiger partial charge in [0.05, 0.1) is 16.9 Å². The van der Waals surface area contributed by atoms with Crippen molar-refractivity contribution in [1.29, 1.82) is 0 Å². The molecule has 0 saturated carbocycles. The molecule has 2 aliphatic rings. The van der Waals surface area contributed by atoms with Crippen molar-refractivity contribution < 1.29 is 14.4 Å². The fourth-order valence-corrected chi connectivity index (χ4v) is 5.48. The van der Waals surface area contributed by atoms with Crippen molar-refractivity contribution >= 4 is 40.1 Å². The van der Waals surface area contributed by atoms with E-state index in [1.165, 1.54) is 0 Å². The second kappa shape index (κ2) is 7.81. The van der Waals surface area contributed by atoms with E-state index in [9.17, 15) is 14.4 Å². The monoisotopic (exact) mass is 478 g/mol. The zero-order valence-corrected chi connectivity index (χ0v) is 20.4. The number of aromatic amines is 1. The Morgan fingerprint density at radius 2 is 1.72 bits per heavy atom. The molecule has 1 atom stereocenters. The van der Waals surface area contributed by atoms with Crippen LogP contribution in [0.25, 0.3) is 10.9 Å². The number of hydrogen-bond donors (Lipinski definition) is 2. The molecule has 4 aromatic rings. The summed E-state index contributed by atoms with van der Waals surface area (Å²) < 4.78 is 0. The Morgan fingerprint density at radius 3 is 2.53 bits per heavy atom. The quantitative estimate of drug-likeness (QED) is 0.393. The lowest BCUT2D eigenvalue weighted by molar-refractivity contribution is -0.125. The minimum Gasteiger partial charge on any atom is -0.356 e. The molecule has 7 nitrogen and oxygen atoms in total. The molecule has 7 heteroatoms. The second-order valence-corrected chi connectivity index (χ2v) is 9.69. The molecular formula is C29H26N4O3. The molecule has 1 aromatic heterocycles. The van der Waals surface area contributed by atoms with Crippen LogP contribution in [0.1, 0.15) is 39.7 Å². The van der Waals surface area contributed by atoms with Crippen molar-refractivity contribution in [3.8, 4) is 0 Å². The van der Waals surface area contributed by atoms with E-state index in [1.807, 2.05) is 56.3 Å². The number of nitrogens with one attached hydrogen (secondary N) is 2. The van der Waals surface area contributed by atoms with Crippen LogP contribution in [0.3, 0.4) is 0 Å². The molecule has 1 unspecified atom stereocenters. The first-order valence-electron chi connectivity index (χ1n) is 12.0. The van der Waals surface area contributed by atoms with Crippen molar-refractivity contribution in [2.75, 3.05) is 16.8 Å². The van der Waals surface area contributed by atoms with Crippen LogP contribution in [-0.2, 0) is 16.8 Å². The first-order valence-corrected chi connectivity index (χ1v) is 12.0. The van der Waals surface area contributed by atoms with Gasteiger partial charge in [0.25, 0.3) is 11.8 Å². The minimum absolute atomic E-state index is 0.262. The number of amides is 4. The van der Waals surface area contributed by atoms with E-state index in [1.54, 1.807) is 36.1 Å². The summed E-state index contributed by atoms with van der Waals surface area (Å²) in [5.41, 5.74) is 4.96. The Balaban J connectivity index is 1.40. The predicted molar refractivity (Wildman–Crippen MR) is 139 cm³/mol. The molecule has 1 saturated heterocycles. The number of anilines is 2. The van der Waals surface area contributed by atoms with Gasteiger partial charge in [-0.15, -0.1) is 0 Å². The molecule has 0 spiro atoms. The summed E-state index contributed by atoms with van der Waals surface area (Å²) in [5.74, 6) is -0.748. The van der Waals surface area contributed by atoms with Gasteiger partial charge >= 0.3 is 6.03 Å². The number of imide groups is 1. The van der Waals surface area contributed by atoms with Crippen molar-refractivity contribution in [2.45, 2.75) is 32.7 Å². The molecule has 36 heavy (non-hydrogen) atoms. The molecule has 2 N–H and O–H groups in total. The highest BCUT2D eigenvalue weighted by atomic mass is 16.2. The lowest BCUT2D eigenvalue weighted by atomic mass is 9.87. The fourth-order valence-electron chi connectivity index (χ4n) is 5.48. The predicted octanol–water partition coefficient (Wildman–Crippen LogP) is 5.28. The SMILES string of the molecule is Cc1ccc(NC(=O)c2ccccc2N2C(=O)N3CCc4c([nH]c5ccccc45)C3(C)C2=O)cc1C. The van der Waals surface area contributed by atoms with E-state index in [2.05, 4.69) is 10.3 Å². The summed E-state index contributed by atoms with van der Waals surface area (Å²) in [6.07, 6.45) is 0.650. The number of hydrogen-bond acceptors (Lipinski definition) is 3. The third-order valence-corrected chi connectivity index (χ3v) is 7.62. The Kier molecular flexibility index (Phi) is 4.80. The normalized spacial score (nSPS) is 19.0. The van der Waals surface area contributed by atoms with Gasteiger partial charge in [-0.25, -0.2) is 9.69 Å². The van der Waals surface area contributed by atoms with E-state index < -0.39 is 11.6 Å². The number of aromatic nitrogens is 1. The largest absolute Gasteiger partial charge is 0.356 e. The maximum Gasteiger partial charge on any atom is 0.332 e. The number of carbonyl (C=O) groups is 3. The molecule has 3 heterocycles. The smallest absolute Gasteiger partial charge is 0.332 e. The van der Waals surface area contributed by atoms with Crippen LogP contribution in [0, 0.1) is 13.8 Å². The zero-order chi connectivity index (χ0) is 25.2. The zero-order valence-electron chi connectivity index (χ0n) is 20.4. The molecule has 0 bridgehead atoms. The first-order chi connectivity index (χ1) is 17.3. The Bertz CT molecular complexity index is 1590. The first kappa shape index (κ1) is 22.1.